The van der Waals surface area contributed by atoms with E-state index in [1.807, 2.05) is 24.4 Å². The van der Waals surface area contributed by atoms with Crippen LogP contribution in [0.15, 0.2) is 102 Å². The molecule has 3 heterocycles. The van der Waals surface area contributed by atoms with Gasteiger partial charge in [-0.25, -0.2) is 0 Å². The Morgan fingerprint density at radius 1 is 0.818 bits per heavy atom. The summed E-state index contributed by atoms with van der Waals surface area (Å²) >= 11 is 0. The van der Waals surface area contributed by atoms with E-state index in [2.05, 4.69) is 112 Å². The molecular weight excluding hydrogens is 872 g/mol. The van der Waals surface area contributed by atoms with Crippen molar-refractivity contribution in [2.75, 3.05) is 0 Å². The summed E-state index contributed by atoms with van der Waals surface area (Å²) in [5, 5.41) is 3.23. The molecule has 6 heteroatoms. The first-order valence-electron chi connectivity index (χ1n) is 21.0. The molecule has 0 fully saturated rings. The van der Waals surface area contributed by atoms with Gasteiger partial charge in [0.25, 0.3) is 0 Å². The Hall–Kier alpha value is -4.22. The topological polar surface area (TPSA) is 38.9 Å². The zero-order chi connectivity index (χ0) is 43.1. The molecule has 4 aromatic carbocycles. The number of benzene rings is 4. The summed E-state index contributed by atoms with van der Waals surface area (Å²) in [5.74, 6) is -0.271. The molecule has 0 saturated carbocycles. The van der Waals surface area contributed by atoms with Gasteiger partial charge in [-0.15, -0.1) is 48.0 Å². The fraction of sp³-hybridized carbons (Fsp3) is 0.306. The Kier molecular flexibility index (Phi) is 9.10. The summed E-state index contributed by atoms with van der Waals surface area (Å²) in [4.78, 5) is 8.97. The van der Waals surface area contributed by atoms with Crippen molar-refractivity contribution in [2.24, 2.45) is 5.41 Å². The molecule has 1 aliphatic rings. The van der Waals surface area contributed by atoms with Gasteiger partial charge in [0.1, 0.15) is 5.58 Å². The van der Waals surface area contributed by atoms with Crippen LogP contribution < -0.4 is 5.19 Å². The van der Waals surface area contributed by atoms with Crippen LogP contribution >= 0.6 is 0 Å². The number of hydrogen-bond acceptors (Lipinski definition) is 3. The van der Waals surface area contributed by atoms with Crippen molar-refractivity contribution in [1.82, 2.24) is 9.97 Å². The van der Waals surface area contributed by atoms with E-state index in [-0.39, 0.29) is 47.9 Å². The normalized spacial score (nSPS) is 16.2. The van der Waals surface area contributed by atoms with Crippen LogP contribution in [0.3, 0.4) is 0 Å². The maximum absolute atomic E-state index is 12.8. The standard InChI is InChI=1S/C35H36NO.C14H15FNSi.Ir/c1-21-20-36-29(18-22(21)19-33(2,3)4)27-14-11-13-25-26-17-16-24-23-12-9-10-15-28(23)34(5,6)35(7,8)30(24)32(26)37-31(25)27;1-17(2,3)13-8-9-14(16-10-13)11-4-6-12(15)7-5-11;/h9-13,15-18,20H,19H2,1-8H3;4,6-10H,1-3H3;/q2*-1;/i1D3,19D2;;. The minimum absolute atomic E-state index is 0. The average Bonchev–Trinajstić information content (AvgIpc) is 3.55. The van der Waals surface area contributed by atoms with Crippen molar-refractivity contribution < 1.29 is 35.8 Å². The maximum atomic E-state index is 12.8. The molecular formula is C49H51FIrN2OSi-2. The van der Waals surface area contributed by atoms with Crippen molar-refractivity contribution >= 4 is 35.2 Å². The number of fused-ring (bicyclic) bond motifs is 7. The van der Waals surface area contributed by atoms with E-state index in [1.54, 1.807) is 32.9 Å². The van der Waals surface area contributed by atoms with Crippen LogP contribution in [0.25, 0.3) is 55.6 Å². The summed E-state index contributed by atoms with van der Waals surface area (Å²) in [5.41, 5.74) is 7.67. The molecule has 7 aromatic rings. The van der Waals surface area contributed by atoms with Crippen molar-refractivity contribution in [1.29, 1.82) is 0 Å². The predicted octanol–water partition coefficient (Wildman–Crippen LogP) is 12.8. The smallest absolute Gasteiger partial charge is 0.125 e. The van der Waals surface area contributed by atoms with Gasteiger partial charge < -0.3 is 14.4 Å². The summed E-state index contributed by atoms with van der Waals surface area (Å²) in [7, 11) is -1.30. The van der Waals surface area contributed by atoms with Gasteiger partial charge in [-0.3, -0.25) is 4.39 Å². The van der Waals surface area contributed by atoms with Crippen LogP contribution in [0.4, 0.5) is 4.39 Å². The van der Waals surface area contributed by atoms with Crippen molar-refractivity contribution in [3.8, 4) is 33.6 Å². The van der Waals surface area contributed by atoms with Crippen LogP contribution in [0.2, 0.25) is 19.6 Å². The van der Waals surface area contributed by atoms with Gasteiger partial charge in [0, 0.05) is 61.5 Å². The zero-order valence-electron chi connectivity index (χ0n) is 38.3. The van der Waals surface area contributed by atoms with Gasteiger partial charge in [-0.2, -0.15) is 0 Å². The fourth-order valence-corrected chi connectivity index (χ4v) is 8.45. The third-order valence-corrected chi connectivity index (χ3v) is 13.1. The first kappa shape index (κ1) is 34.1. The number of aryl methyl sites for hydroxylation is 1. The number of halogens is 1. The third kappa shape index (κ3) is 7.54. The molecule has 0 unspecified atom stereocenters. The van der Waals surface area contributed by atoms with Crippen molar-refractivity contribution in [3.05, 3.63) is 138 Å². The van der Waals surface area contributed by atoms with Crippen molar-refractivity contribution in [2.45, 2.75) is 92.2 Å². The molecule has 1 radical (unpaired) electrons. The van der Waals surface area contributed by atoms with E-state index in [0.717, 1.165) is 38.7 Å². The molecule has 0 bridgehead atoms. The van der Waals surface area contributed by atoms with E-state index in [9.17, 15) is 4.39 Å². The number of pyridine rings is 2. The first-order valence-corrected chi connectivity index (χ1v) is 22.0. The molecule has 3 aromatic heterocycles. The Labute approximate surface area is 348 Å². The maximum Gasteiger partial charge on any atom is 0.125 e. The third-order valence-electron chi connectivity index (χ3n) is 11.0. The van der Waals surface area contributed by atoms with Crippen LogP contribution in [0.5, 0.6) is 0 Å². The van der Waals surface area contributed by atoms with Crippen molar-refractivity contribution in [3.63, 3.8) is 0 Å². The Balaban J connectivity index is 0.000000281. The summed E-state index contributed by atoms with van der Waals surface area (Å²) in [6.45, 7) is 18.8. The van der Waals surface area contributed by atoms with E-state index < -0.39 is 26.7 Å². The molecule has 0 saturated heterocycles. The average molecular weight is 928 g/mol. The molecule has 0 aliphatic heterocycles. The number of rotatable bonds is 4. The molecule has 0 atom stereocenters. The first-order chi connectivity index (χ1) is 27.4. The van der Waals surface area contributed by atoms with Gasteiger partial charge in [-0.1, -0.05) is 139 Å². The number of aromatic nitrogens is 2. The van der Waals surface area contributed by atoms with Gasteiger partial charge in [0.05, 0.1) is 13.7 Å². The molecule has 3 nitrogen and oxygen atoms in total. The second kappa shape index (κ2) is 14.7. The Bertz CT molecular complexity index is 2710. The Morgan fingerprint density at radius 2 is 1.55 bits per heavy atom. The number of nitrogens with zero attached hydrogens (tertiary/aromatic N) is 2. The Morgan fingerprint density at radius 3 is 2.20 bits per heavy atom. The monoisotopic (exact) mass is 928 g/mol. The van der Waals surface area contributed by atoms with Crippen LogP contribution in [0, 0.1) is 30.2 Å². The SMILES string of the molecule is C[Si](C)(C)c1ccc(-c2[c-]cc(F)cc2)nc1.[2H]C([2H])([2H])c1cnc(-c2[c-]ccc3c2oc2c4c(ccc23)-c2ccccc2C(C)(C)C4(C)C)cc1C([2H])([2H])C(C)(C)C.[Ir]. The van der Waals surface area contributed by atoms with E-state index in [0.29, 0.717) is 16.8 Å². The molecule has 1 aliphatic carbocycles. The minimum Gasteiger partial charge on any atom is -0.500 e. The second-order valence-electron chi connectivity index (χ2n) is 17.5. The largest absolute Gasteiger partial charge is 0.500 e. The van der Waals surface area contributed by atoms with E-state index >= 15 is 0 Å². The number of hydrogen-bond donors (Lipinski definition) is 0. The van der Waals surface area contributed by atoms with Gasteiger partial charge in [0.15, 0.2) is 0 Å². The predicted molar refractivity (Wildman–Crippen MR) is 227 cm³/mol. The van der Waals surface area contributed by atoms with Crippen LogP contribution in [-0.4, -0.2) is 18.0 Å². The zero-order valence-corrected chi connectivity index (χ0v) is 36.6. The quantitative estimate of drug-likeness (QED) is 0.130. The number of furan rings is 1. The fourth-order valence-electron chi connectivity index (χ4n) is 7.41. The summed E-state index contributed by atoms with van der Waals surface area (Å²) in [6, 6.07) is 33.0. The van der Waals surface area contributed by atoms with Gasteiger partial charge >= 0.3 is 0 Å². The minimum atomic E-state index is -2.51. The summed E-state index contributed by atoms with van der Waals surface area (Å²) < 4.78 is 61.7. The van der Waals surface area contributed by atoms with Gasteiger partial charge in [-0.05, 0) is 62.9 Å². The molecule has 0 amide bonds. The van der Waals surface area contributed by atoms with Crippen LogP contribution in [-0.2, 0) is 37.3 Å². The molecule has 0 N–H and O–H groups in total. The second-order valence-corrected chi connectivity index (χ2v) is 22.5. The molecule has 8 rings (SSSR count). The van der Waals surface area contributed by atoms with Crippen LogP contribution in [0.1, 0.15) is 77.6 Å². The molecule has 285 valence electrons. The van der Waals surface area contributed by atoms with E-state index in [4.69, 9.17) is 11.3 Å². The summed E-state index contributed by atoms with van der Waals surface area (Å²) in [6.07, 6.45) is 1.29. The van der Waals surface area contributed by atoms with E-state index in [1.165, 1.54) is 34.6 Å². The van der Waals surface area contributed by atoms with Gasteiger partial charge in [0.2, 0.25) is 0 Å². The molecule has 0 spiro atoms. The molecule has 55 heavy (non-hydrogen) atoms.